The van der Waals surface area contributed by atoms with Crippen molar-refractivity contribution in [3.05, 3.63) is 48.5 Å². The summed E-state index contributed by atoms with van der Waals surface area (Å²) in [5, 5.41) is 9.61. The summed E-state index contributed by atoms with van der Waals surface area (Å²) < 4.78 is 12.9. The number of rotatable bonds is 7. The summed E-state index contributed by atoms with van der Waals surface area (Å²) in [6.45, 7) is 1.69. The maximum Gasteiger partial charge on any atom is 0.233 e. The number of hydrogen-bond donors (Lipinski definition) is 0. The van der Waals surface area contributed by atoms with Crippen LogP contribution in [0.2, 0.25) is 0 Å². The number of hydrogen-bond acceptors (Lipinski definition) is 6. The van der Waals surface area contributed by atoms with Gasteiger partial charge in [0, 0.05) is 13.1 Å². The number of amides is 1. The van der Waals surface area contributed by atoms with E-state index in [4.69, 9.17) is 9.47 Å². The minimum absolute atomic E-state index is 0.157. The lowest BCUT2D eigenvalue weighted by molar-refractivity contribution is -0.128. The molecule has 8 heteroatoms. The molecule has 0 N–H and O–H groups in total. The van der Waals surface area contributed by atoms with Gasteiger partial charge in [0.15, 0.2) is 11.0 Å². The highest BCUT2D eigenvalue weighted by atomic mass is 32.2. The van der Waals surface area contributed by atoms with Crippen LogP contribution in [0.1, 0.15) is 32.1 Å². The third kappa shape index (κ3) is 5.50. The maximum atomic E-state index is 13.0. The van der Waals surface area contributed by atoms with Gasteiger partial charge in [-0.15, -0.1) is 10.2 Å². The first kappa shape index (κ1) is 23.2. The Hall–Kier alpha value is -3.00. The van der Waals surface area contributed by atoms with E-state index in [-0.39, 0.29) is 5.91 Å². The van der Waals surface area contributed by atoms with E-state index in [2.05, 4.69) is 10.2 Å². The summed E-state index contributed by atoms with van der Waals surface area (Å²) in [5.74, 6) is 2.64. The van der Waals surface area contributed by atoms with Crippen LogP contribution < -0.4 is 9.47 Å². The van der Waals surface area contributed by atoms with Gasteiger partial charge in [0.25, 0.3) is 0 Å². The zero-order valence-electron chi connectivity index (χ0n) is 19.2. The number of ether oxygens (including phenoxy) is 2. The zero-order valence-corrected chi connectivity index (χ0v) is 20.0. The quantitative estimate of drug-likeness (QED) is 0.464. The van der Waals surface area contributed by atoms with Gasteiger partial charge in [-0.05, 0) is 49.2 Å². The highest BCUT2D eigenvalue weighted by molar-refractivity contribution is 7.99. The molecule has 33 heavy (non-hydrogen) atoms. The molecule has 0 spiro atoms. The Balaban J connectivity index is 1.63. The van der Waals surface area contributed by atoms with Crippen LogP contribution in [0.4, 0.5) is 0 Å². The van der Waals surface area contributed by atoms with E-state index in [0.29, 0.717) is 22.5 Å². The predicted molar refractivity (Wildman–Crippen MR) is 130 cm³/mol. The van der Waals surface area contributed by atoms with Crippen molar-refractivity contribution in [1.82, 2.24) is 19.7 Å². The summed E-state index contributed by atoms with van der Waals surface area (Å²) in [5.41, 5.74) is 1.73. The second-order valence-electron chi connectivity index (χ2n) is 7.98. The van der Waals surface area contributed by atoms with Gasteiger partial charge in [-0.2, -0.15) is 0 Å². The summed E-state index contributed by atoms with van der Waals surface area (Å²) in [7, 11) is 3.29. The normalized spacial score (nSPS) is 14.4. The van der Waals surface area contributed by atoms with E-state index in [1.165, 1.54) is 31.0 Å². The van der Waals surface area contributed by atoms with E-state index in [1.807, 2.05) is 58.0 Å². The van der Waals surface area contributed by atoms with Crippen LogP contribution in [-0.4, -0.2) is 58.6 Å². The fraction of sp³-hybridized carbons (Fsp3) is 0.400. The monoisotopic (exact) mass is 466 g/mol. The number of carbonyl (C=O) groups is 1. The van der Waals surface area contributed by atoms with Crippen LogP contribution in [0, 0.1) is 0 Å². The first-order valence-corrected chi connectivity index (χ1v) is 12.3. The lowest BCUT2D eigenvalue weighted by Gasteiger charge is -2.24. The largest absolute Gasteiger partial charge is 0.497 e. The summed E-state index contributed by atoms with van der Waals surface area (Å²) in [4.78, 5) is 15.0. The molecule has 0 aliphatic carbocycles. The minimum Gasteiger partial charge on any atom is -0.497 e. The first-order valence-electron chi connectivity index (χ1n) is 11.3. The van der Waals surface area contributed by atoms with Crippen LogP contribution >= 0.6 is 11.8 Å². The number of benzene rings is 2. The highest BCUT2D eigenvalue weighted by Gasteiger charge is 2.21. The van der Waals surface area contributed by atoms with Crippen LogP contribution in [0.15, 0.2) is 53.7 Å². The highest BCUT2D eigenvalue weighted by Crippen LogP contribution is 2.33. The maximum absolute atomic E-state index is 13.0. The topological polar surface area (TPSA) is 69.5 Å². The number of methoxy groups -OCH3 is 2. The molecule has 3 aromatic rings. The number of carbonyl (C=O) groups excluding carboxylic acids is 1. The van der Waals surface area contributed by atoms with E-state index in [9.17, 15) is 4.79 Å². The molecule has 7 nitrogen and oxygen atoms in total. The Kier molecular flexibility index (Phi) is 7.88. The van der Waals surface area contributed by atoms with E-state index >= 15 is 0 Å². The summed E-state index contributed by atoms with van der Waals surface area (Å²) >= 11 is 1.42. The number of thioether (sulfide) groups is 1. The molecule has 1 amide bonds. The average Bonchev–Trinajstić information content (AvgIpc) is 3.26. The van der Waals surface area contributed by atoms with Gasteiger partial charge in [0.05, 0.1) is 31.2 Å². The molecule has 0 bridgehead atoms. The van der Waals surface area contributed by atoms with Gasteiger partial charge in [-0.25, -0.2) is 0 Å². The van der Waals surface area contributed by atoms with Crippen molar-refractivity contribution in [3.63, 3.8) is 0 Å². The molecule has 0 radical (unpaired) electrons. The third-order valence-electron chi connectivity index (χ3n) is 5.85. The van der Waals surface area contributed by atoms with Gasteiger partial charge >= 0.3 is 0 Å². The molecule has 0 unspecified atom stereocenters. The molecule has 1 fully saturated rings. The van der Waals surface area contributed by atoms with Crippen LogP contribution in [0.3, 0.4) is 0 Å². The van der Waals surface area contributed by atoms with E-state index in [1.54, 1.807) is 14.2 Å². The molecular formula is C25H30N4O3S. The van der Waals surface area contributed by atoms with Crippen molar-refractivity contribution < 1.29 is 14.3 Å². The van der Waals surface area contributed by atoms with Crippen LogP contribution in [0.25, 0.3) is 17.1 Å². The molecule has 0 atom stereocenters. The fourth-order valence-corrected chi connectivity index (χ4v) is 4.90. The molecule has 1 aliphatic rings. The molecule has 2 aromatic carbocycles. The molecular weight excluding hydrogens is 436 g/mol. The minimum atomic E-state index is 0.157. The lowest BCUT2D eigenvalue weighted by atomic mass is 10.1. The first-order chi connectivity index (χ1) is 16.2. The van der Waals surface area contributed by atoms with Crippen LogP contribution in [-0.2, 0) is 4.79 Å². The van der Waals surface area contributed by atoms with Crippen molar-refractivity contribution in [2.75, 3.05) is 33.1 Å². The smallest absolute Gasteiger partial charge is 0.233 e. The molecule has 0 saturated carbocycles. The SMILES string of the molecule is COc1ccc(-n2c(SCC(=O)N3CCCCCCC3)nnc2-c2ccccc2OC)cc1. The lowest BCUT2D eigenvalue weighted by Crippen LogP contribution is -2.35. The Bertz CT molecular complexity index is 1060. The van der Waals surface area contributed by atoms with Gasteiger partial charge < -0.3 is 14.4 Å². The third-order valence-corrected chi connectivity index (χ3v) is 6.76. The summed E-state index contributed by atoms with van der Waals surface area (Å²) in [6.07, 6.45) is 5.83. The van der Waals surface area contributed by atoms with Crippen molar-refractivity contribution in [1.29, 1.82) is 0 Å². The molecule has 1 aromatic heterocycles. The predicted octanol–water partition coefficient (Wildman–Crippen LogP) is 4.84. The van der Waals surface area contributed by atoms with Crippen molar-refractivity contribution in [2.45, 2.75) is 37.3 Å². The number of para-hydroxylation sites is 1. The molecule has 1 saturated heterocycles. The average molecular weight is 467 g/mol. The number of likely N-dealkylation sites (tertiary alicyclic amines) is 1. The molecule has 1 aliphatic heterocycles. The van der Waals surface area contributed by atoms with Gasteiger partial charge in [0.2, 0.25) is 5.91 Å². The second-order valence-corrected chi connectivity index (χ2v) is 8.92. The Morgan fingerprint density at radius 3 is 2.30 bits per heavy atom. The Morgan fingerprint density at radius 1 is 0.909 bits per heavy atom. The second kappa shape index (κ2) is 11.2. The van der Waals surface area contributed by atoms with Gasteiger partial charge in [-0.3, -0.25) is 9.36 Å². The van der Waals surface area contributed by atoms with Crippen LogP contribution in [0.5, 0.6) is 11.5 Å². The van der Waals surface area contributed by atoms with Crippen molar-refractivity contribution in [2.24, 2.45) is 0 Å². The Morgan fingerprint density at radius 2 is 1.61 bits per heavy atom. The van der Waals surface area contributed by atoms with Gasteiger partial charge in [0.1, 0.15) is 11.5 Å². The molecule has 174 valence electrons. The number of nitrogens with zero attached hydrogens (tertiary/aromatic N) is 4. The van der Waals surface area contributed by atoms with Crippen molar-refractivity contribution >= 4 is 17.7 Å². The molecule has 2 heterocycles. The Labute approximate surface area is 199 Å². The fourth-order valence-electron chi connectivity index (χ4n) is 4.05. The molecule has 4 rings (SSSR count). The standard InChI is InChI=1S/C25H30N4O3S/c1-31-20-14-12-19(13-15-20)29-24(21-10-6-7-11-22(21)32-2)26-27-25(29)33-18-23(30)28-16-8-4-3-5-9-17-28/h6-7,10-15H,3-5,8-9,16-18H2,1-2H3. The van der Waals surface area contributed by atoms with E-state index in [0.717, 1.165) is 42.9 Å². The zero-order chi connectivity index (χ0) is 23.0. The van der Waals surface area contributed by atoms with E-state index < -0.39 is 0 Å². The van der Waals surface area contributed by atoms with Crippen molar-refractivity contribution in [3.8, 4) is 28.6 Å². The van der Waals surface area contributed by atoms with Gasteiger partial charge in [-0.1, -0.05) is 43.2 Å². The summed E-state index contributed by atoms with van der Waals surface area (Å²) in [6, 6.07) is 15.5. The number of aromatic nitrogens is 3.